The normalized spacial score (nSPS) is 16.9. The van der Waals surface area contributed by atoms with Crippen LogP contribution in [-0.2, 0) is 16.1 Å². The highest BCUT2D eigenvalue weighted by Crippen LogP contribution is 2.30. The van der Waals surface area contributed by atoms with Crippen LogP contribution >= 0.6 is 11.3 Å². The molecule has 0 unspecified atom stereocenters. The average molecular weight is 332 g/mol. The first-order chi connectivity index (χ1) is 11.2. The molecule has 2 heterocycles. The molecule has 3 rings (SSSR count). The molecule has 0 spiro atoms. The van der Waals surface area contributed by atoms with Gasteiger partial charge >= 0.3 is 0 Å². The minimum absolute atomic E-state index is 0.0141. The van der Waals surface area contributed by atoms with Gasteiger partial charge in [0.25, 0.3) is 0 Å². The van der Waals surface area contributed by atoms with Crippen molar-refractivity contribution < 1.29 is 9.53 Å². The van der Waals surface area contributed by atoms with E-state index in [0.717, 1.165) is 15.6 Å². The van der Waals surface area contributed by atoms with Gasteiger partial charge in [-0.25, -0.2) is 0 Å². The first kappa shape index (κ1) is 16.0. The summed E-state index contributed by atoms with van der Waals surface area (Å²) in [5.74, 6) is -0.0141. The van der Waals surface area contributed by atoms with Crippen LogP contribution in [0.15, 0.2) is 30.3 Å². The summed E-state index contributed by atoms with van der Waals surface area (Å²) in [4.78, 5) is 12.5. The van der Waals surface area contributed by atoms with Crippen molar-refractivity contribution in [2.75, 3.05) is 19.8 Å². The quantitative estimate of drug-likeness (QED) is 0.867. The number of rotatable bonds is 5. The molecule has 1 fully saturated rings. The van der Waals surface area contributed by atoms with Crippen LogP contribution in [0, 0.1) is 5.41 Å². The Morgan fingerprint density at radius 1 is 1.26 bits per heavy atom. The first-order valence-electron chi connectivity index (χ1n) is 7.67. The third-order valence-corrected chi connectivity index (χ3v) is 5.18. The molecular weight excluding hydrogens is 312 g/mol. The van der Waals surface area contributed by atoms with E-state index in [0.29, 0.717) is 39.1 Å². The molecule has 1 saturated heterocycles. The van der Waals surface area contributed by atoms with Gasteiger partial charge < -0.3 is 15.8 Å². The number of carbonyl (C=O) groups excluding carboxylic acids is 1. The van der Waals surface area contributed by atoms with Gasteiger partial charge in [0, 0.05) is 25.3 Å². The molecule has 0 saturated carbocycles. The maximum Gasteiger partial charge on any atom is 0.228 e. The molecule has 23 heavy (non-hydrogen) atoms. The summed E-state index contributed by atoms with van der Waals surface area (Å²) < 4.78 is 5.34. The second kappa shape index (κ2) is 7.16. The van der Waals surface area contributed by atoms with Gasteiger partial charge in [0.15, 0.2) is 0 Å². The lowest BCUT2D eigenvalue weighted by Gasteiger charge is -2.34. The zero-order chi connectivity index (χ0) is 16.1. The van der Waals surface area contributed by atoms with Crippen molar-refractivity contribution in [1.29, 1.82) is 0 Å². The Labute approximate surface area is 139 Å². The van der Waals surface area contributed by atoms with Gasteiger partial charge in [-0.1, -0.05) is 41.7 Å². The fraction of sp³-hybridized carbons (Fsp3) is 0.438. The summed E-state index contributed by atoms with van der Waals surface area (Å²) in [5, 5.41) is 12.9. The van der Waals surface area contributed by atoms with Crippen molar-refractivity contribution in [3.63, 3.8) is 0 Å². The summed E-state index contributed by atoms with van der Waals surface area (Å²) >= 11 is 1.49. The smallest absolute Gasteiger partial charge is 0.228 e. The average Bonchev–Trinajstić information content (AvgIpc) is 3.10. The molecule has 1 aromatic carbocycles. The van der Waals surface area contributed by atoms with Crippen molar-refractivity contribution in [3.8, 4) is 10.6 Å². The van der Waals surface area contributed by atoms with Crippen LogP contribution in [0.1, 0.15) is 17.8 Å². The molecule has 3 N–H and O–H groups in total. The summed E-state index contributed by atoms with van der Waals surface area (Å²) in [6, 6.07) is 9.89. The molecule has 0 radical (unpaired) electrons. The molecule has 122 valence electrons. The van der Waals surface area contributed by atoms with E-state index in [1.54, 1.807) is 0 Å². The number of carbonyl (C=O) groups is 1. The van der Waals surface area contributed by atoms with E-state index in [9.17, 15) is 4.79 Å². The molecule has 1 aromatic heterocycles. The number of hydrogen-bond acceptors (Lipinski definition) is 6. The summed E-state index contributed by atoms with van der Waals surface area (Å²) in [5.41, 5.74) is 6.37. The minimum Gasteiger partial charge on any atom is -0.381 e. The lowest BCUT2D eigenvalue weighted by Crippen LogP contribution is -2.48. The fourth-order valence-electron chi connectivity index (χ4n) is 2.65. The van der Waals surface area contributed by atoms with Gasteiger partial charge in [-0.15, -0.1) is 10.2 Å². The number of ether oxygens (including phenoxy) is 1. The summed E-state index contributed by atoms with van der Waals surface area (Å²) in [6.07, 6.45) is 1.33. The van der Waals surface area contributed by atoms with Gasteiger partial charge in [0.1, 0.15) is 10.0 Å². The maximum atomic E-state index is 12.5. The van der Waals surface area contributed by atoms with Crippen LogP contribution < -0.4 is 11.1 Å². The molecule has 1 amide bonds. The number of nitrogens with zero attached hydrogens (tertiary/aromatic N) is 2. The fourth-order valence-corrected chi connectivity index (χ4v) is 3.44. The van der Waals surface area contributed by atoms with E-state index in [2.05, 4.69) is 15.5 Å². The van der Waals surface area contributed by atoms with E-state index in [1.807, 2.05) is 30.3 Å². The van der Waals surface area contributed by atoms with E-state index in [-0.39, 0.29) is 5.91 Å². The van der Waals surface area contributed by atoms with Gasteiger partial charge in [-0.05, 0) is 12.8 Å². The molecule has 2 aromatic rings. The second-order valence-electron chi connectivity index (χ2n) is 5.65. The molecule has 6 nitrogen and oxygen atoms in total. The highest BCUT2D eigenvalue weighted by atomic mass is 32.1. The summed E-state index contributed by atoms with van der Waals surface area (Å²) in [7, 11) is 0. The predicted octanol–water partition coefficient (Wildman–Crippen LogP) is 1.58. The Kier molecular flexibility index (Phi) is 5.00. The molecule has 0 atom stereocenters. The molecule has 1 aliphatic heterocycles. The lowest BCUT2D eigenvalue weighted by atomic mass is 9.79. The van der Waals surface area contributed by atoms with Gasteiger partial charge in [0.2, 0.25) is 5.91 Å². The zero-order valence-corrected chi connectivity index (χ0v) is 13.6. The number of aromatic nitrogens is 2. The number of benzene rings is 1. The van der Waals surface area contributed by atoms with Crippen LogP contribution in [-0.4, -0.2) is 35.9 Å². The Balaban J connectivity index is 1.62. The maximum absolute atomic E-state index is 12.5. The molecule has 7 heteroatoms. The second-order valence-corrected chi connectivity index (χ2v) is 6.71. The summed E-state index contributed by atoms with van der Waals surface area (Å²) in [6.45, 7) is 1.89. The lowest BCUT2D eigenvalue weighted by molar-refractivity contribution is -0.136. The van der Waals surface area contributed by atoms with Crippen LogP contribution in [0.2, 0.25) is 0 Å². The van der Waals surface area contributed by atoms with E-state index < -0.39 is 5.41 Å². The number of amides is 1. The SMILES string of the molecule is NCC1(C(=O)NCc2nnc(-c3ccccc3)s2)CCOCC1. The topological polar surface area (TPSA) is 90.1 Å². The third kappa shape index (κ3) is 3.57. The Hall–Kier alpha value is -1.83. The van der Waals surface area contributed by atoms with Crippen molar-refractivity contribution >= 4 is 17.2 Å². The van der Waals surface area contributed by atoms with Gasteiger partial charge in [0.05, 0.1) is 12.0 Å². The molecule has 0 bridgehead atoms. The van der Waals surface area contributed by atoms with E-state index in [4.69, 9.17) is 10.5 Å². The molecular formula is C16H20N4O2S. The Bertz CT molecular complexity index is 653. The van der Waals surface area contributed by atoms with Gasteiger partial charge in [-0.2, -0.15) is 0 Å². The monoisotopic (exact) mass is 332 g/mol. The Morgan fingerprint density at radius 2 is 2.00 bits per heavy atom. The predicted molar refractivity (Wildman–Crippen MR) is 88.7 cm³/mol. The van der Waals surface area contributed by atoms with Crippen molar-refractivity contribution in [2.24, 2.45) is 11.1 Å². The highest BCUT2D eigenvalue weighted by Gasteiger charge is 2.38. The number of nitrogens with one attached hydrogen (secondary N) is 1. The number of hydrogen-bond donors (Lipinski definition) is 2. The first-order valence-corrected chi connectivity index (χ1v) is 8.49. The highest BCUT2D eigenvalue weighted by molar-refractivity contribution is 7.14. The third-order valence-electron chi connectivity index (χ3n) is 4.21. The minimum atomic E-state index is -0.509. The van der Waals surface area contributed by atoms with Crippen LogP contribution in [0.5, 0.6) is 0 Å². The molecule has 0 aliphatic carbocycles. The standard InChI is InChI=1S/C16H20N4O2S/c17-11-16(6-8-22-9-7-16)15(21)18-10-13-19-20-14(23-13)12-4-2-1-3-5-12/h1-5H,6-11,17H2,(H,18,21). The van der Waals surface area contributed by atoms with Crippen molar-refractivity contribution in [1.82, 2.24) is 15.5 Å². The Morgan fingerprint density at radius 3 is 2.70 bits per heavy atom. The van der Waals surface area contributed by atoms with Crippen molar-refractivity contribution in [3.05, 3.63) is 35.3 Å². The number of nitrogens with two attached hydrogens (primary N) is 1. The van der Waals surface area contributed by atoms with E-state index in [1.165, 1.54) is 11.3 Å². The largest absolute Gasteiger partial charge is 0.381 e. The van der Waals surface area contributed by atoms with Crippen molar-refractivity contribution in [2.45, 2.75) is 19.4 Å². The molecule has 1 aliphatic rings. The van der Waals surface area contributed by atoms with Crippen LogP contribution in [0.3, 0.4) is 0 Å². The van der Waals surface area contributed by atoms with Crippen LogP contribution in [0.25, 0.3) is 10.6 Å². The van der Waals surface area contributed by atoms with E-state index >= 15 is 0 Å². The van der Waals surface area contributed by atoms with Gasteiger partial charge in [-0.3, -0.25) is 4.79 Å². The zero-order valence-electron chi connectivity index (χ0n) is 12.8. The van der Waals surface area contributed by atoms with Crippen LogP contribution in [0.4, 0.5) is 0 Å².